The van der Waals surface area contributed by atoms with Crippen molar-refractivity contribution in [3.05, 3.63) is 71.4 Å². The van der Waals surface area contributed by atoms with Crippen molar-refractivity contribution >= 4 is 22.6 Å². The lowest BCUT2D eigenvalue weighted by Crippen LogP contribution is -1.83. The third-order valence-corrected chi connectivity index (χ3v) is 3.68. The van der Waals surface area contributed by atoms with Gasteiger partial charge in [-0.3, -0.25) is 0 Å². The summed E-state index contributed by atoms with van der Waals surface area (Å²) in [7, 11) is 2.03. The minimum absolute atomic E-state index is 0.690. The number of nitrogens with zero attached hydrogens (tertiary/aromatic N) is 2. The van der Waals surface area contributed by atoms with E-state index >= 15 is 0 Å². The Morgan fingerprint density at radius 3 is 2.71 bits per heavy atom. The van der Waals surface area contributed by atoms with Gasteiger partial charge >= 0.3 is 0 Å². The molecule has 0 N–H and O–H groups in total. The second-order valence-electron chi connectivity index (χ2n) is 5.25. The Labute approximate surface area is 124 Å². The van der Waals surface area contributed by atoms with E-state index in [4.69, 9.17) is 0 Å². The van der Waals surface area contributed by atoms with Crippen LogP contribution in [0.4, 0.5) is 0 Å². The second kappa shape index (κ2) is 5.30. The van der Waals surface area contributed by atoms with E-state index in [1.165, 1.54) is 10.9 Å². The van der Waals surface area contributed by atoms with Gasteiger partial charge in [-0.25, -0.2) is 0 Å². The van der Waals surface area contributed by atoms with Crippen LogP contribution in [-0.4, -0.2) is 4.57 Å². The number of allylic oxidation sites excluding steroid dienone is 1. The van der Waals surface area contributed by atoms with Crippen molar-refractivity contribution in [2.24, 2.45) is 7.05 Å². The number of nitriles is 1. The van der Waals surface area contributed by atoms with Crippen LogP contribution in [0.15, 0.2) is 54.7 Å². The summed E-state index contributed by atoms with van der Waals surface area (Å²) in [6.45, 7) is 2.04. The molecule has 2 nitrogen and oxygen atoms in total. The zero-order valence-electron chi connectivity index (χ0n) is 12.2. The summed E-state index contributed by atoms with van der Waals surface area (Å²) in [6, 6.07) is 18.6. The molecule has 1 aromatic heterocycles. The lowest BCUT2D eigenvalue weighted by Gasteiger charge is -2.00. The fourth-order valence-electron chi connectivity index (χ4n) is 2.64. The lowest BCUT2D eigenvalue weighted by molar-refractivity contribution is 0.968. The van der Waals surface area contributed by atoms with E-state index in [2.05, 4.69) is 29.0 Å². The van der Waals surface area contributed by atoms with Crippen molar-refractivity contribution in [3.63, 3.8) is 0 Å². The molecule has 0 fully saturated rings. The number of para-hydroxylation sites is 1. The molecule has 0 amide bonds. The van der Waals surface area contributed by atoms with Crippen LogP contribution in [0.3, 0.4) is 0 Å². The fourth-order valence-corrected chi connectivity index (χ4v) is 2.64. The molecule has 2 heteroatoms. The molecule has 0 spiro atoms. The number of hydrogen-bond donors (Lipinski definition) is 0. The Bertz CT molecular complexity index is 876. The lowest BCUT2D eigenvalue weighted by atomic mass is 10.0. The molecule has 21 heavy (non-hydrogen) atoms. The predicted molar refractivity (Wildman–Crippen MR) is 87.6 cm³/mol. The zero-order valence-corrected chi connectivity index (χ0v) is 12.2. The minimum Gasteiger partial charge on any atom is -0.350 e. The molecule has 2 aromatic carbocycles. The first-order valence-electron chi connectivity index (χ1n) is 6.92. The first-order valence-corrected chi connectivity index (χ1v) is 6.92. The molecule has 0 unspecified atom stereocenters. The van der Waals surface area contributed by atoms with Crippen LogP contribution in [0, 0.1) is 18.3 Å². The first kappa shape index (κ1) is 13.2. The van der Waals surface area contributed by atoms with Crippen LogP contribution < -0.4 is 0 Å². The maximum atomic E-state index is 9.49. The summed E-state index contributed by atoms with van der Waals surface area (Å²) in [4.78, 5) is 0. The normalized spacial score (nSPS) is 11.6. The van der Waals surface area contributed by atoms with Crippen molar-refractivity contribution in [1.29, 1.82) is 5.26 Å². The predicted octanol–water partition coefficient (Wildman–Crippen LogP) is 4.55. The smallest absolute Gasteiger partial charge is 0.0998 e. The van der Waals surface area contributed by atoms with Gasteiger partial charge in [0.1, 0.15) is 0 Å². The highest BCUT2D eigenvalue weighted by molar-refractivity contribution is 5.98. The second-order valence-corrected chi connectivity index (χ2v) is 5.25. The van der Waals surface area contributed by atoms with Crippen molar-refractivity contribution in [1.82, 2.24) is 4.57 Å². The van der Waals surface area contributed by atoms with Crippen molar-refractivity contribution in [2.75, 3.05) is 0 Å². The van der Waals surface area contributed by atoms with Crippen LogP contribution in [-0.2, 0) is 7.05 Å². The summed E-state index contributed by atoms with van der Waals surface area (Å²) in [6.07, 6.45) is 4.04. The molecular weight excluding hydrogens is 256 g/mol. The molecule has 0 saturated carbocycles. The molecule has 3 rings (SSSR count). The molecule has 0 bridgehead atoms. The van der Waals surface area contributed by atoms with E-state index in [9.17, 15) is 5.26 Å². The van der Waals surface area contributed by atoms with Crippen molar-refractivity contribution in [3.8, 4) is 6.07 Å². The zero-order chi connectivity index (χ0) is 14.8. The van der Waals surface area contributed by atoms with E-state index < -0.39 is 0 Å². The molecule has 3 aromatic rings. The number of aryl methyl sites for hydroxylation is 2. The van der Waals surface area contributed by atoms with Crippen LogP contribution in [0.5, 0.6) is 0 Å². The maximum absolute atomic E-state index is 9.49. The van der Waals surface area contributed by atoms with E-state index in [1.807, 2.05) is 56.4 Å². The van der Waals surface area contributed by atoms with Crippen molar-refractivity contribution in [2.45, 2.75) is 6.92 Å². The monoisotopic (exact) mass is 272 g/mol. The average molecular weight is 272 g/mol. The van der Waals surface area contributed by atoms with Gasteiger partial charge in [0.25, 0.3) is 0 Å². The van der Waals surface area contributed by atoms with E-state index in [0.29, 0.717) is 5.57 Å². The Morgan fingerprint density at radius 1 is 1.14 bits per heavy atom. The molecule has 0 saturated heterocycles. The Hall–Kier alpha value is -2.79. The summed E-state index contributed by atoms with van der Waals surface area (Å²) in [5.74, 6) is 0. The van der Waals surface area contributed by atoms with E-state index in [1.54, 1.807) is 0 Å². The molecule has 0 radical (unpaired) electrons. The van der Waals surface area contributed by atoms with Gasteiger partial charge in [0.2, 0.25) is 0 Å². The number of hydrogen-bond acceptors (Lipinski definition) is 1. The standard InChI is InChI=1S/C19H16N2/c1-14-6-5-7-15(10-14)16(12-20)11-17-13-21(2)19-9-4-3-8-18(17)19/h3-11,13H,1-2H3/b16-11-. The number of benzene rings is 2. The van der Waals surface area contributed by atoms with Gasteiger partial charge in [-0.05, 0) is 24.6 Å². The maximum Gasteiger partial charge on any atom is 0.0998 e. The van der Waals surface area contributed by atoms with Gasteiger partial charge in [0.05, 0.1) is 11.6 Å². The van der Waals surface area contributed by atoms with Crippen LogP contribution in [0.1, 0.15) is 16.7 Å². The average Bonchev–Trinajstić information content (AvgIpc) is 2.82. The summed E-state index contributed by atoms with van der Waals surface area (Å²) >= 11 is 0. The molecule has 0 aliphatic heterocycles. The molecule has 0 aliphatic rings. The summed E-state index contributed by atoms with van der Waals surface area (Å²) in [5, 5.41) is 10.7. The van der Waals surface area contributed by atoms with Gasteiger partial charge in [0.15, 0.2) is 0 Å². The molecule has 1 heterocycles. The van der Waals surface area contributed by atoms with E-state index in [-0.39, 0.29) is 0 Å². The highest BCUT2D eigenvalue weighted by Gasteiger charge is 2.06. The summed E-state index contributed by atoms with van der Waals surface area (Å²) in [5.41, 5.74) is 5.06. The van der Waals surface area contributed by atoms with Crippen LogP contribution in [0.25, 0.3) is 22.6 Å². The molecular formula is C19H16N2. The van der Waals surface area contributed by atoms with Gasteiger partial charge in [0, 0.05) is 29.7 Å². The number of rotatable bonds is 2. The number of aromatic nitrogens is 1. The molecule has 0 atom stereocenters. The number of fused-ring (bicyclic) bond motifs is 1. The Kier molecular flexibility index (Phi) is 3.33. The molecule has 102 valence electrons. The molecule has 0 aliphatic carbocycles. The first-order chi connectivity index (χ1) is 10.2. The Morgan fingerprint density at radius 2 is 1.95 bits per heavy atom. The highest BCUT2D eigenvalue weighted by Crippen LogP contribution is 2.25. The van der Waals surface area contributed by atoms with Crippen LogP contribution in [0.2, 0.25) is 0 Å². The minimum atomic E-state index is 0.690. The summed E-state index contributed by atoms with van der Waals surface area (Å²) < 4.78 is 2.09. The highest BCUT2D eigenvalue weighted by atomic mass is 14.9. The van der Waals surface area contributed by atoms with E-state index in [0.717, 1.165) is 16.7 Å². The van der Waals surface area contributed by atoms with Gasteiger partial charge in [-0.2, -0.15) is 5.26 Å². The Balaban J connectivity index is 2.16. The fraction of sp³-hybridized carbons (Fsp3) is 0.105. The largest absolute Gasteiger partial charge is 0.350 e. The van der Waals surface area contributed by atoms with Crippen LogP contribution >= 0.6 is 0 Å². The quantitative estimate of drug-likeness (QED) is 0.629. The topological polar surface area (TPSA) is 28.7 Å². The third kappa shape index (κ3) is 2.46. The third-order valence-electron chi connectivity index (χ3n) is 3.68. The van der Waals surface area contributed by atoms with Gasteiger partial charge in [-0.15, -0.1) is 0 Å². The SMILES string of the molecule is Cc1cccc(/C(C#N)=C\c2cn(C)c3ccccc23)c1. The van der Waals surface area contributed by atoms with Gasteiger partial charge in [-0.1, -0.05) is 48.0 Å². The van der Waals surface area contributed by atoms with Crippen molar-refractivity contribution < 1.29 is 0 Å². The van der Waals surface area contributed by atoms with Gasteiger partial charge < -0.3 is 4.57 Å².